The first-order valence-electron chi connectivity index (χ1n) is 9.64. The number of thiophene rings is 1. The van der Waals surface area contributed by atoms with Gasteiger partial charge in [0.05, 0.1) is 15.3 Å². The van der Waals surface area contributed by atoms with Crippen molar-refractivity contribution < 1.29 is 26.4 Å². The van der Waals surface area contributed by atoms with Gasteiger partial charge in [-0.15, -0.1) is 11.3 Å². The van der Waals surface area contributed by atoms with Crippen LogP contribution in [0.15, 0.2) is 77.7 Å². The highest BCUT2D eigenvalue weighted by Crippen LogP contribution is 2.37. The largest absolute Gasteiger partial charge is 0.416 e. The van der Waals surface area contributed by atoms with E-state index in [0.717, 1.165) is 23.5 Å². The van der Waals surface area contributed by atoms with E-state index in [-0.39, 0.29) is 4.90 Å². The second-order valence-corrected chi connectivity index (χ2v) is 9.95. The van der Waals surface area contributed by atoms with Gasteiger partial charge in [-0.25, -0.2) is 8.42 Å². The Balaban J connectivity index is 1.51. The van der Waals surface area contributed by atoms with E-state index in [1.807, 2.05) is 0 Å². The molecule has 0 saturated heterocycles. The van der Waals surface area contributed by atoms with Crippen LogP contribution in [-0.4, -0.2) is 14.3 Å². The first kappa shape index (κ1) is 22.8. The second-order valence-electron chi connectivity index (χ2n) is 7.21. The van der Waals surface area contributed by atoms with E-state index in [9.17, 15) is 26.4 Å². The van der Waals surface area contributed by atoms with E-state index in [2.05, 4.69) is 10.0 Å². The van der Waals surface area contributed by atoms with Crippen LogP contribution in [0.25, 0.3) is 10.1 Å². The molecule has 5 nitrogen and oxygen atoms in total. The van der Waals surface area contributed by atoms with E-state index in [1.165, 1.54) is 42.5 Å². The molecule has 1 heterocycles. The Bertz CT molecular complexity index is 1430. The molecule has 1 amide bonds. The Hall–Kier alpha value is -3.37. The number of carbonyl (C=O) groups excluding carboxylic acids is 1. The van der Waals surface area contributed by atoms with E-state index in [4.69, 9.17) is 0 Å². The van der Waals surface area contributed by atoms with Crippen molar-refractivity contribution in [3.8, 4) is 0 Å². The van der Waals surface area contributed by atoms with Gasteiger partial charge >= 0.3 is 6.18 Å². The summed E-state index contributed by atoms with van der Waals surface area (Å²) in [7, 11) is -3.74. The van der Waals surface area contributed by atoms with Crippen molar-refractivity contribution in [3.63, 3.8) is 0 Å². The zero-order valence-electron chi connectivity index (χ0n) is 17.1. The summed E-state index contributed by atoms with van der Waals surface area (Å²) in [6, 6.07) is 17.4. The number of amides is 1. The van der Waals surface area contributed by atoms with Crippen LogP contribution in [0, 0.1) is 6.92 Å². The number of nitrogens with one attached hydrogen (secondary N) is 2. The molecule has 0 spiro atoms. The summed E-state index contributed by atoms with van der Waals surface area (Å²) >= 11 is 1.11. The van der Waals surface area contributed by atoms with Gasteiger partial charge in [0.1, 0.15) is 0 Å². The molecule has 0 radical (unpaired) electrons. The molecule has 0 unspecified atom stereocenters. The number of carbonyl (C=O) groups is 1. The van der Waals surface area contributed by atoms with Crippen molar-refractivity contribution in [2.45, 2.75) is 18.0 Å². The minimum Gasteiger partial charge on any atom is -0.321 e. The lowest BCUT2D eigenvalue weighted by molar-refractivity contribution is -0.137. The predicted octanol–water partition coefficient (Wildman–Crippen LogP) is 6.28. The Labute approximate surface area is 191 Å². The highest BCUT2D eigenvalue weighted by Gasteiger charge is 2.31. The number of rotatable bonds is 5. The molecule has 170 valence electrons. The molecule has 33 heavy (non-hydrogen) atoms. The van der Waals surface area contributed by atoms with Crippen LogP contribution in [0.2, 0.25) is 0 Å². The van der Waals surface area contributed by atoms with E-state index >= 15 is 0 Å². The summed E-state index contributed by atoms with van der Waals surface area (Å²) in [5.74, 6) is -0.458. The first-order chi connectivity index (χ1) is 15.5. The number of sulfonamides is 1. The molecule has 0 saturated carbocycles. The van der Waals surface area contributed by atoms with E-state index in [0.29, 0.717) is 31.9 Å². The topological polar surface area (TPSA) is 75.3 Å². The van der Waals surface area contributed by atoms with Crippen LogP contribution in [0.4, 0.5) is 24.5 Å². The molecule has 4 rings (SSSR count). The Morgan fingerprint density at radius 1 is 0.909 bits per heavy atom. The first-order valence-corrected chi connectivity index (χ1v) is 11.9. The molecule has 0 aliphatic heterocycles. The zero-order valence-corrected chi connectivity index (χ0v) is 18.7. The number of aryl methyl sites for hydroxylation is 1. The average Bonchev–Trinajstić information content (AvgIpc) is 3.11. The van der Waals surface area contributed by atoms with Gasteiger partial charge in [-0.3, -0.25) is 9.52 Å². The molecule has 0 aliphatic rings. The maximum atomic E-state index is 13.0. The molecule has 0 atom stereocenters. The molecular formula is C23H17F3N2O3S2. The van der Waals surface area contributed by atoms with Crippen LogP contribution < -0.4 is 10.0 Å². The lowest BCUT2D eigenvalue weighted by atomic mass is 10.1. The normalized spacial score (nSPS) is 12.0. The van der Waals surface area contributed by atoms with Crippen molar-refractivity contribution >= 4 is 48.7 Å². The van der Waals surface area contributed by atoms with Crippen LogP contribution in [0.3, 0.4) is 0 Å². The van der Waals surface area contributed by atoms with Gasteiger partial charge in [0.2, 0.25) is 0 Å². The number of hydrogen-bond donors (Lipinski definition) is 2. The maximum absolute atomic E-state index is 13.0. The number of hydrogen-bond acceptors (Lipinski definition) is 4. The SMILES string of the molecule is Cc1c(C(=O)Nc2ccc(NS(=O)(=O)c3ccccc3)cc2)sc2ccc(C(F)(F)F)cc12. The fraction of sp³-hybridized carbons (Fsp3) is 0.0870. The van der Waals surface area contributed by atoms with Crippen LogP contribution >= 0.6 is 11.3 Å². The predicted molar refractivity (Wildman–Crippen MR) is 123 cm³/mol. The number of benzene rings is 3. The molecule has 4 aromatic rings. The molecule has 1 aromatic heterocycles. The van der Waals surface area contributed by atoms with Crippen LogP contribution in [-0.2, 0) is 16.2 Å². The minimum absolute atomic E-state index is 0.122. The standard InChI is InChI=1S/C23H17F3N2O3S2/c1-14-19-13-15(23(24,25)26)7-12-20(19)32-21(14)22(29)27-16-8-10-17(11-9-16)28-33(30,31)18-5-3-2-4-6-18/h2-13,28H,1H3,(H,27,29). The Kier molecular flexibility index (Phi) is 5.89. The Morgan fingerprint density at radius 3 is 2.18 bits per heavy atom. The fourth-order valence-electron chi connectivity index (χ4n) is 3.24. The second kappa shape index (κ2) is 8.53. The monoisotopic (exact) mass is 490 g/mol. The van der Waals surface area contributed by atoms with Gasteiger partial charge < -0.3 is 5.32 Å². The molecule has 3 aromatic carbocycles. The highest BCUT2D eigenvalue weighted by atomic mass is 32.2. The molecule has 0 fully saturated rings. The van der Waals surface area contributed by atoms with Gasteiger partial charge in [0.25, 0.3) is 15.9 Å². The van der Waals surface area contributed by atoms with Crippen molar-refractivity contribution in [3.05, 3.63) is 88.8 Å². The number of alkyl halides is 3. The summed E-state index contributed by atoms with van der Waals surface area (Å²) < 4.78 is 66.9. The van der Waals surface area contributed by atoms with Gasteiger partial charge in [-0.2, -0.15) is 13.2 Å². The third-order valence-electron chi connectivity index (χ3n) is 4.92. The van der Waals surface area contributed by atoms with Crippen molar-refractivity contribution in [2.75, 3.05) is 10.0 Å². The van der Waals surface area contributed by atoms with Gasteiger partial charge in [0.15, 0.2) is 0 Å². The van der Waals surface area contributed by atoms with Crippen molar-refractivity contribution in [1.82, 2.24) is 0 Å². The highest BCUT2D eigenvalue weighted by molar-refractivity contribution is 7.92. The molecule has 0 aliphatic carbocycles. The molecule has 2 N–H and O–H groups in total. The van der Waals surface area contributed by atoms with E-state index < -0.39 is 27.7 Å². The van der Waals surface area contributed by atoms with Gasteiger partial charge in [-0.1, -0.05) is 18.2 Å². The quantitative estimate of drug-likeness (QED) is 0.346. The molecule has 0 bridgehead atoms. The summed E-state index contributed by atoms with van der Waals surface area (Å²) in [4.78, 5) is 13.2. The van der Waals surface area contributed by atoms with Crippen LogP contribution in [0.1, 0.15) is 20.8 Å². The summed E-state index contributed by atoms with van der Waals surface area (Å²) in [6.45, 7) is 1.61. The van der Waals surface area contributed by atoms with E-state index in [1.54, 1.807) is 25.1 Å². The zero-order chi connectivity index (χ0) is 23.8. The third-order valence-corrected chi connectivity index (χ3v) is 7.59. The fourth-order valence-corrected chi connectivity index (χ4v) is 5.40. The summed E-state index contributed by atoms with van der Waals surface area (Å²) in [5.41, 5.74) is 0.423. The number of anilines is 2. The molecule has 10 heteroatoms. The van der Waals surface area contributed by atoms with Gasteiger partial charge in [0, 0.05) is 16.1 Å². The lowest BCUT2D eigenvalue weighted by Gasteiger charge is -2.09. The molecular weight excluding hydrogens is 473 g/mol. The van der Waals surface area contributed by atoms with Gasteiger partial charge in [-0.05, 0) is 72.5 Å². The van der Waals surface area contributed by atoms with Crippen LogP contribution in [0.5, 0.6) is 0 Å². The summed E-state index contributed by atoms with van der Waals surface area (Å²) in [5, 5.41) is 3.08. The number of halogens is 3. The van der Waals surface area contributed by atoms with Crippen molar-refractivity contribution in [2.24, 2.45) is 0 Å². The maximum Gasteiger partial charge on any atom is 0.416 e. The minimum atomic E-state index is -4.46. The average molecular weight is 491 g/mol. The Morgan fingerprint density at radius 2 is 1.55 bits per heavy atom. The third kappa shape index (κ3) is 4.86. The lowest BCUT2D eigenvalue weighted by Crippen LogP contribution is -2.13. The summed E-state index contributed by atoms with van der Waals surface area (Å²) in [6.07, 6.45) is -4.46. The number of fused-ring (bicyclic) bond motifs is 1. The van der Waals surface area contributed by atoms with Crippen molar-refractivity contribution in [1.29, 1.82) is 0 Å². The smallest absolute Gasteiger partial charge is 0.321 e.